The van der Waals surface area contributed by atoms with Crippen molar-refractivity contribution in [1.29, 1.82) is 0 Å². The van der Waals surface area contributed by atoms with Gasteiger partial charge in [0, 0.05) is 23.1 Å². The number of halogens is 1. The zero-order valence-electron chi connectivity index (χ0n) is 17.0. The maximum absolute atomic E-state index is 6.02. The van der Waals surface area contributed by atoms with Crippen molar-refractivity contribution in [3.63, 3.8) is 0 Å². The van der Waals surface area contributed by atoms with E-state index in [0.717, 1.165) is 34.3 Å². The molecule has 0 bridgehead atoms. The van der Waals surface area contributed by atoms with Crippen LogP contribution in [0.2, 0.25) is 0 Å². The normalized spacial score (nSPS) is 17.2. The van der Waals surface area contributed by atoms with Crippen molar-refractivity contribution in [3.05, 3.63) is 76.3 Å². The minimum absolute atomic E-state index is 0.0224. The summed E-state index contributed by atoms with van der Waals surface area (Å²) in [4.78, 5) is 2.27. The molecule has 1 fully saturated rings. The van der Waals surface area contributed by atoms with Gasteiger partial charge in [-0.3, -0.25) is 4.90 Å². The van der Waals surface area contributed by atoms with E-state index in [2.05, 4.69) is 48.3 Å². The fourth-order valence-corrected chi connectivity index (χ4v) is 4.02. The quantitative estimate of drug-likeness (QED) is 0.396. The summed E-state index contributed by atoms with van der Waals surface area (Å²) in [7, 11) is 0. The molecule has 2 aromatic carbocycles. The van der Waals surface area contributed by atoms with Gasteiger partial charge in [0.25, 0.3) is 5.89 Å². The zero-order chi connectivity index (χ0) is 21.2. The first-order valence-electron chi connectivity index (χ1n) is 10.1. The molecular weight excluding hydrogens is 460 g/mol. The summed E-state index contributed by atoms with van der Waals surface area (Å²) in [5.41, 5.74) is 3.54. The molecule has 7 nitrogen and oxygen atoms in total. The van der Waals surface area contributed by atoms with Crippen LogP contribution in [0.25, 0.3) is 22.7 Å². The summed E-state index contributed by atoms with van der Waals surface area (Å²) < 4.78 is 18.5. The van der Waals surface area contributed by atoms with Gasteiger partial charge in [-0.15, -0.1) is 10.2 Å². The van der Waals surface area contributed by atoms with Gasteiger partial charge in [-0.1, -0.05) is 63.6 Å². The molecule has 1 atom stereocenters. The molecule has 0 aliphatic carbocycles. The van der Waals surface area contributed by atoms with Gasteiger partial charge in [-0.05, 0) is 24.6 Å². The molecule has 5 rings (SSSR count). The van der Waals surface area contributed by atoms with Gasteiger partial charge in [0.05, 0.1) is 19.3 Å². The highest BCUT2D eigenvalue weighted by Crippen LogP contribution is 2.33. The highest BCUT2D eigenvalue weighted by Gasteiger charge is 2.25. The second-order valence-electron chi connectivity index (χ2n) is 7.48. The molecule has 158 valence electrons. The molecule has 3 heterocycles. The summed E-state index contributed by atoms with van der Waals surface area (Å²) in [5.74, 6) is 1.63. The number of morpholine rings is 1. The first kappa shape index (κ1) is 20.1. The average Bonchev–Trinajstić information content (AvgIpc) is 3.41. The molecule has 0 amide bonds. The minimum atomic E-state index is 0.0224. The molecule has 0 radical (unpaired) electrons. The minimum Gasteiger partial charge on any atom is -0.419 e. The number of hydrogen-bond acceptors (Lipinski definition) is 7. The van der Waals surface area contributed by atoms with Gasteiger partial charge in [0.1, 0.15) is 17.0 Å². The zero-order valence-corrected chi connectivity index (χ0v) is 18.6. The molecule has 1 aliphatic heterocycles. The first-order valence-corrected chi connectivity index (χ1v) is 10.9. The van der Waals surface area contributed by atoms with Crippen LogP contribution in [0.5, 0.6) is 0 Å². The lowest BCUT2D eigenvalue weighted by Crippen LogP contribution is -2.37. The first-order chi connectivity index (χ1) is 15.2. The SMILES string of the molecule is Cc1onc(-c2ccccc2)c1-c1nnc(CN2CCOC(c3ccc(Br)cc3)C2)o1. The standard InChI is InChI=1S/C23H21BrN4O3/c1-15-21(22(27-31-15)17-5-3-2-4-6-17)23-26-25-20(30-23)14-28-11-12-29-19(13-28)16-7-9-18(24)10-8-16/h2-10,19H,11-14H2,1H3. The molecule has 0 saturated carbocycles. The summed E-state index contributed by atoms with van der Waals surface area (Å²) in [6.07, 6.45) is 0.0224. The molecule has 8 heteroatoms. The lowest BCUT2D eigenvalue weighted by atomic mass is 10.1. The molecular formula is C23H21BrN4O3. The van der Waals surface area contributed by atoms with Crippen LogP contribution in [0.3, 0.4) is 0 Å². The Kier molecular flexibility index (Phi) is 5.67. The van der Waals surface area contributed by atoms with E-state index in [-0.39, 0.29) is 6.10 Å². The van der Waals surface area contributed by atoms with E-state index in [9.17, 15) is 0 Å². The third-order valence-corrected chi connectivity index (χ3v) is 5.87. The lowest BCUT2D eigenvalue weighted by Gasteiger charge is -2.32. The predicted molar refractivity (Wildman–Crippen MR) is 118 cm³/mol. The van der Waals surface area contributed by atoms with Gasteiger partial charge in [0.2, 0.25) is 5.89 Å². The topological polar surface area (TPSA) is 77.4 Å². The molecule has 1 aliphatic rings. The predicted octanol–water partition coefficient (Wildman–Crippen LogP) is 5.04. The summed E-state index contributed by atoms with van der Waals surface area (Å²) in [6.45, 7) is 4.65. The van der Waals surface area contributed by atoms with E-state index in [1.54, 1.807) is 0 Å². The Balaban J connectivity index is 1.33. The van der Waals surface area contributed by atoms with Gasteiger partial charge in [0.15, 0.2) is 0 Å². The average molecular weight is 481 g/mol. The van der Waals surface area contributed by atoms with Gasteiger partial charge < -0.3 is 13.7 Å². The lowest BCUT2D eigenvalue weighted by molar-refractivity contribution is -0.0351. The van der Waals surface area contributed by atoms with Crippen molar-refractivity contribution in [2.45, 2.75) is 19.6 Å². The fraction of sp³-hybridized carbons (Fsp3) is 0.261. The van der Waals surface area contributed by atoms with Crippen LogP contribution in [0.15, 0.2) is 68.0 Å². The second-order valence-corrected chi connectivity index (χ2v) is 8.39. The molecule has 2 aromatic heterocycles. The van der Waals surface area contributed by atoms with Crippen LogP contribution in [-0.2, 0) is 11.3 Å². The van der Waals surface area contributed by atoms with Crippen LogP contribution in [0.1, 0.15) is 23.3 Å². The fourth-order valence-electron chi connectivity index (χ4n) is 3.75. The van der Waals surface area contributed by atoms with Crippen molar-refractivity contribution in [2.75, 3.05) is 19.7 Å². The Morgan fingerprint density at radius 1 is 1.06 bits per heavy atom. The Morgan fingerprint density at radius 2 is 1.87 bits per heavy atom. The van der Waals surface area contributed by atoms with E-state index in [4.69, 9.17) is 13.7 Å². The molecule has 0 spiro atoms. The molecule has 1 unspecified atom stereocenters. The number of rotatable bonds is 5. The van der Waals surface area contributed by atoms with Crippen LogP contribution in [-0.4, -0.2) is 40.0 Å². The largest absolute Gasteiger partial charge is 0.419 e. The van der Waals surface area contributed by atoms with Crippen LogP contribution in [0, 0.1) is 6.92 Å². The third-order valence-electron chi connectivity index (χ3n) is 5.34. The number of ether oxygens (including phenoxy) is 1. The maximum Gasteiger partial charge on any atom is 0.253 e. The van der Waals surface area contributed by atoms with Crippen molar-refractivity contribution >= 4 is 15.9 Å². The highest BCUT2D eigenvalue weighted by atomic mass is 79.9. The van der Waals surface area contributed by atoms with E-state index in [1.165, 1.54) is 0 Å². The Bertz CT molecular complexity index is 1160. The van der Waals surface area contributed by atoms with Crippen molar-refractivity contribution < 1.29 is 13.7 Å². The van der Waals surface area contributed by atoms with Crippen molar-refractivity contribution in [1.82, 2.24) is 20.3 Å². The van der Waals surface area contributed by atoms with Crippen molar-refractivity contribution in [3.8, 4) is 22.7 Å². The third kappa shape index (κ3) is 4.32. The Hall–Kier alpha value is -2.81. The van der Waals surface area contributed by atoms with E-state index in [0.29, 0.717) is 36.4 Å². The van der Waals surface area contributed by atoms with Gasteiger partial charge in [-0.2, -0.15) is 0 Å². The van der Waals surface area contributed by atoms with E-state index in [1.807, 2.05) is 49.4 Å². The number of aryl methyl sites for hydroxylation is 1. The van der Waals surface area contributed by atoms with Crippen LogP contribution >= 0.6 is 15.9 Å². The summed E-state index contributed by atoms with van der Waals surface area (Å²) in [5, 5.41) is 12.8. The number of benzene rings is 2. The van der Waals surface area contributed by atoms with E-state index < -0.39 is 0 Å². The molecule has 31 heavy (non-hydrogen) atoms. The van der Waals surface area contributed by atoms with Crippen molar-refractivity contribution in [2.24, 2.45) is 0 Å². The Labute approximate surface area is 188 Å². The maximum atomic E-state index is 6.02. The van der Waals surface area contributed by atoms with Gasteiger partial charge >= 0.3 is 0 Å². The van der Waals surface area contributed by atoms with Crippen LogP contribution in [0.4, 0.5) is 0 Å². The smallest absolute Gasteiger partial charge is 0.253 e. The monoisotopic (exact) mass is 480 g/mol. The second kappa shape index (κ2) is 8.74. The summed E-state index contributed by atoms with van der Waals surface area (Å²) >= 11 is 3.48. The van der Waals surface area contributed by atoms with Gasteiger partial charge in [-0.25, -0.2) is 0 Å². The van der Waals surface area contributed by atoms with Crippen LogP contribution < -0.4 is 0 Å². The molecule has 4 aromatic rings. The molecule has 1 saturated heterocycles. The number of aromatic nitrogens is 3. The highest BCUT2D eigenvalue weighted by molar-refractivity contribution is 9.10. The molecule has 0 N–H and O–H groups in total. The number of hydrogen-bond donors (Lipinski definition) is 0. The Morgan fingerprint density at radius 3 is 2.68 bits per heavy atom. The van der Waals surface area contributed by atoms with E-state index >= 15 is 0 Å². The summed E-state index contributed by atoms with van der Waals surface area (Å²) in [6, 6.07) is 18.1. The number of nitrogens with zero attached hydrogens (tertiary/aromatic N) is 4.